The number of carbonyl (C=O) groups excluding carboxylic acids is 1. The summed E-state index contributed by atoms with van der Waals surface area (Å²) in [6, 6.07) is 10.8. The van der Waals surface area contributed by atoms with Crippen LogP contribution in [0.5, 0.6) is 0 Å². The van der Waals surface area contributed by atoms with E-state index in [0.717, 1.165) is 13.8 Å². The molecule has 0 aliphatic carbocycles. The van der Waals surface area contributed by atoms with Crippen molar-refractivity contribution < 1.29 is 30.8 Å². The second kappa shape index (κ2) is 12.1. The van der Waals surface area contributed by atoms with Gasteiger partial charge in [-0.25, -0.2) is 12.8 Å². The zero-order valence-corrected chi connectivity index (χ0v) is 24.7. The summed E-state index contributed by atoms with van der Waals surface area (Å²) < 4.78 is 81.9. The summed E-state index contributed by atoms with van der Waals surface area (Å²) in [6.07, 6.45) is -4.40. The first kappa shape index (κ1) is 32.6. The number of hydrogen-bond acceptors (Lipinski definition) is 5. The fraction of sp³-hybridized carbons (Fsp3) is 0.429. The van der Waals surface area contributed by atoms with E-state index < -0.39 is 51.5 Å². The first-order valence-corrected chi connectivity index (χ1v) is 14.5. The van der Waals surface area contributed by atoms with Gasteiger partial charge in [-0.05, 0) is 69.5 Å². The van der Waals surface area contributed by atoms with Gasteiger partial charge >= 0.3 is 6.18 Å². The normalized spacial score (nSPS) is 17.2. The maximum Gasteiger partial charge on any atom is 0.395 e. The molecule has 2 aromatic rings. The molecule has 1 aliphatic rings. The van der Waals surface area contributed by atoms with Crippen LogP contribution in [0.15, 0.2) is 70.6 Å². The highest BCUT2D eigenvalue weighted by molar-refractivity contribution is 7.89. The van der Waals surface area contributed by atoms with E-state index in [1.807, 2.05) is 0 Å². The average molecular weight is 617 g/mol. The van der Waals surface area contributed by atoms with Crippen molar-refractivity contribution in [2.75, 3.05) is 13.1 Å². The number of sulfonamides is 1. The number of aliphatic imine (C=N–C) groups is 1. The molecule has 3 rings (SSSR count). The molecule has 0 unspecified atom stereocenters. The molecule has 1 amide bonds. The van der Waals surface area contributed by atoms with Crippen LogP contribution in [0.25, 0.3) is 0 Å². The molecule has 2 N–H and O–H groups in total. The van der Waals surface area contributed by atoms with Crippen LogP contribution in [-0.2, 0) is 21.4 Å². The van der Waals surface area contributed by atoms with Crippen LogP contribution in [0.3, 0.4) is 0 Å². The highest BCUT2D eigenvalue weighted by Crippen LogP contribution is 2.37. The van der Waals surface area contributed by atoms with Gasteiger partial charge < -0.3 is 10.6 Å². The van der Waals surface area contributed by atoms with E-state index in [1.54, 1.807) is 32.0 Å². The fourth-order valence-corrected chi connectivity index (χ4v) is 5.59. The number of nitrogens with zero attached hydrogens (tertiary/aromatic N) is 2. The Morgan fingerprint density at radius 3 is 2.39 bits per heavy atom. The van der Waals surface area contributed by atoms with Crippen molar-refractivity contribution in [3.8, 4) is 0 Å². The van der Waals surface area contributed by atoms with E-state index in [0.29, 0.717) is 11.1 Å². The van der Waals surface area contributed by atoms with Gasteiger partial charge in [0, 0.05) is 19.6 Å². The van der Waals surface area contributed by atoms with E-state index in [1.165, 1.54) is 34.6 Å². The van der Waals surface area contributed by atoms with Crippen molar-refractivity contribution in [3.05, 3.63) is 77.1 Å². The number of nitrogens with one attached hydrogen (secondary N) is 2. The molecule has 0 aromatic heterocycles. The third-order valence-electron chi connectivity index (χ3n) is 6.84. The molecule has 224 valence electrons. The summed E-state index contributed by atoms with van der Waals surface area (Å²) in [4.78, 5) is 17.4. The number of halogens is 5. The van der Waals surface area contributed by atoms with Gasteiger partial charge in [0.1, 0.15) is 17.7 Å². The number of amides is 1. The zero-order chi connectivity index (χ0) is 30.8. The second-order valence-electron chi connectivity index (χ2n) is 11.0. The van der Waals surface area contributed by atoms with Gasteiger partial charge in [0.05, 0.1) is 20.9 Å². The summed E-state index contributed by atoms with van der Waals surface area (Å²) >= 11 is 5.78. The number of rotatable bonds is 11. The van der Waals surface area contributed by atoms with Crippen molar-refractivity contribution in [1.82, 2.24) is 14.9 Å². The summed E-state index contributed by atoms with van der Waals surface area (Å²) in [5.74, 6) is -1.09. The van der Waals surface area contributed by atoms with Gasteiger partial charge in [0.25, 0.3) is 0 Å². The van der Waals surface area contributed by atoms with Gasteiger partial charge in [-0.3, -0.25) is 9.79 Å². The molecular weight excluding hydrogens is 584 g/mol. The Labute approximate surface area is 242 Å². The highest BCUT2D eigenvalue weighted by atomic mass is 35.5. The maximum atomic E-state index is 14.1. The highest BCUT2D eigenvalue weighted by Gasteiger charge is 2.48. The predicted octanol–water partition coefficient (Wildman–Crippen LogP) is 5.47. The smallest absolute Gasteiger partial charge is 0.357 e. The minimum absolute atomic E-state index is 0.0519. The van der Waals surface area contributed by atoms with E-state index >= 15 is 0 Å². The zero-order valence-electron chi connectivity index (χ0n) is 23.1. The van der Waals surface area contributed by atoms with Gasteiger partial charge in [0.15, 0.2) is 0 Å². The molecule has 1 atom stereocenters. The lowest BCUT2D eigenvalue weighted by molar-refractivity contribution is -0.209. The number of hydrogen-bond donors (Lipinski definition) is 2. The van der Waals surface area contributed by atoms with Crippen LogP contribution in [-0.4, -0.2) is 55.3 Å². The molecule has 0 radical (unpaired) electrons. The molecule has 0 bridgehead atoms. The van der Waals surface area contributed by atoms with Crippen molar-refractivity contribution in [3.63, 3.8) is 0 Å². The quantitative estimate of drug-likeness (QED) is 0.328. The molecule has 41 heavy (non-hydrogen) atoms. The van der Waals surface area contributed by atoms with Gasteiger partial charge in [0.2, 0.25) is 15.9 Å². The molecule has 2 aromatic carbocycles. The van der Waals surface area contributed by atoms with Gasteiger partial charge in [-0.1, -0.05) is 42.4 Å². The minimum Gasteiger partial charge on any atom is -0.357 e. The van der Waals surface area contributed by atoms with Crippen LogP contribution >= 0.6 is 11.6 Å². The number of alkyl halides is 3. The van der Waals surface area contributed by atoms with Crippen LogP contribution < -0.4 is 10.6 Å². The number of amidine groups is 1. The van der Waals surface area contributed by atoms with Crippen LogP contribution in [0.1, 0.15) is 39.7 Å². The minimum atomic E-state index is -4.50. The SMILES string of the molecule is C=C(CCN(Cc1ccc(Cl)c(F)c1)S(=O)(=O)c1ccccc1)C1=NC(C)(C)[C@H](C(=O)NCC(C)(C)C(F)(F)F)N1. The molecule has 0 fully saturated rings. The predicted molar refractivity (Wildman–Crippen MR) is 150 cm³/mol. The van der Waals surface area contributed by atoms with E-state index in [4.69, 9.17) is 11.6 Å². The molecule has 0 saturated carbocycles. The largest absolute Gasteiger partial charge is 0.395 e. The monoisotopic (exact) mass is 616 g/mol. The molecule has 1 aliphatic heterocycles. The Morgan fingerprint density at radius 1 is 1.17 bits per heavy atom. The summed E-state index contributed by atoms with van der Waals surface area (Å²) in [7, 11) is -4.00. The summed E-state index contributed by atoms with van der Waals surface area (Å²) in [5.41, 5.74) is -2.37. The molecule has 1 heterocycles. The molecule has 7 nitrogen and oxygen atoms in total. The van der Waals surface area contributed by atoms with Gasteiger partial charge in [-0.15, -0.1) is 0 Å². The van der Waals surface area contributed by atoms with Gasteiger partial charge in [-0.2, -0.15) is 17.5 Å². The summed E-state index contributed by atoms with van der Waals surface area (Å²) in [6.45, 7) is 8.48. The third kappa shape index (κ3) is 7.66. The number of benzene rings is 2. The van der Waals surface area contributed by atoms with Crippen LogP contribution in [0.4, 0.5) is 17.6 Å². The van der Waals surface area contributed by atoms with E-state index in [-0.39, 0.29) is 35.3 Å². The maximum absolute atomic E-state index is 14.1. The first-order valence-electron chi connectivity index (χ1n) is 12.7. The van der Waals surface area contributed by atoms with Crippen molar-refractivity contribution >= 4 is 33.4 Å². The lowest BCUT2D eigenvalue weighted by atomic mass is 9.91. The average Bonchev–Trinajstić information content (AvgIpc) is 3.22. The Hall–Kier alpha value is -2.96. The van der Waals surface area contributed by atoms with E-state index in [9.17, 15) is 30.8 Å². The lowest BCUT2D eigenvalue weighted by Gasteiger charge is -2.30. The van der Waals surface area contributed by atoms with Crippen molar-refractivity contribution in [1.29, 1.82) is 0 Å². The Morgan fingerprint density at radius 2 is 1.80 bits per heavy atom. The standard InChI is InChI=1S/C28H33ClF4N4O3S/c1-18(24-35-23(27(4,5)36-24)25(38)34-17-26(2,3)28(31,32)33)13-14-37(16-19-11-12-21(29)22(30)15-19)41(39,40)20-9-7-6-8-10-20/h6-12,15,23H,1,13-14,16-17H2,2-5H3,(H,34,38)(H,35,36)/t23-/m0/s1. The Kier molecular flexibility index (Phi) is 9.61. The number of carbonyl (C=O) groups is 1. The van der Waals surface area contributed by atoms with Crippen molar-refractivity contribution in [2.45, 2.75) is 63.3 Å². The molecule has 13 heteroatoms. The fourth-order valence-electron chi connectivity index (χ4n) is 4.02. The topological polar surface area (TPSA) is 90.9 Å². The van der Waals surface area contributed by atoms with Crippen molar-refractivity contribution in [2.24, 2.45) is 10.4 Å². The third-order valence-corrected chi connectivity index (χ3v) is 9.01. The van der Waals surface area contributed by atoms with E-state index in [2.05, 4.69) is 22.2 Å². The lowest BCUT2D eigenvalue weighted by Crippen LogP contribution is -2.54. The Bertz CT molecular complexity index is 1430. The summed E-state index contributed by atoms with van der Waals surface area (Å²) in [5, 5.41) is 5.21. The molecular formula is C28H33ClF4N4O3S. The molecule has 0 saturated heterocycles. The van der Waals surface area contributed by atoms with Crippen LogP contribution in [0, 0.1) is 11.2 Å². The Balaban J connectivity index is 1.74. The van der Waals surface area contributed by atoms with Crippen LogP contribution in [0.2, 0.25) is 5.02 Å². The second-order valence-corrected chi connectivity index (χ2v) is 13.4. The molecule has 0 spiro atoms. The first-order chi connectivity index (χ1) is 18.8.